The summed E-state index contributed by atoms with van der Waals surface area (Å²) >= 11 is 0. The maximum absolute atomic E-state index is 11.9. The van der Waals surface area contributed by atoms with Crippen LogP contribution in [0.25, 0.3) is 0 Å². The van der Waals surface area contributed by atoms with Crippen molar-refractivity contribution >= 4 is 41.5 Å². The number of halogens is 1. The molecule has 1 aromatic carbocycles. The first kappa shape index (κ1) is 24.3. The van der Waals surface area contributed by atoms with Gasteiger partial charge in [0.2, 0.25) is 5.91 Å². The summed E-state index contributed by atoms with van der Waals surface area (Å²) in [5.41, 5.74) is 0.497. The largest absolute Gasteiger partial charge is 0.506 e. The molecule has 3 N–H and O–H groups in total. The number of guanidine groups is 1. The average molecular weight is 503 g/mol. The summed E-state index contributed by atoms with van der Waals surface area (Å²) in [4.78, 5) is 21.0. The molecule has 7 nitrogen and oxygen atoms in total. The molecule has 0 spiro atoms. The normalized spacial score (nSPS) is 15.1. The smallest absolute Gasteiger partial charge is 0.225 e. The van der Waals surface area contributed by atoms with Crippen LogP contribution < -0.4 is 15.5 Å². The van der Waals surface area contributed by atoms with E-state index in [2.05, 4.69) is 32.3 Å². The van der Waals surface area contributed by atoms with Crippen molar-refractivity contribution in [2.45, 2.75) is 27.7 Å². The van der Waals surface area contributed by atoms with Gasteiger partial charge in [0.1, 0.15) is 5.75 Å². The number of carbonyl (C=O) groups is 1. The Morgan fingerprint density at radius 3 is 2.36 bits per heavy atom. The quantitative estimate of drug-likeness (QED) is 0.249. The fourth-order valence-corrected chi connectivity index (χ4v) is 2.91. The zero-order valence-electron chi connectivity index (χ0n) is 17.4. The van der Waals surface area contributed by atoms with E-state index in [4.69, 9.17) is 0 Å². The van der Waals surface area contributed by atoms with Crippen LogP contribution in [0.15, 0.2) is 29.3 Å². The number of anilines is 1. The highest BCUT2D eigenvalue weighted by atomic mass is 127. The van der Waals surface area contributed by atoms with Gasteiger partial charge >= 0.3 is 0 Å². The first-order chi connectivity index (χ1) is 12.8. The summed E-state index contributed by atoms with van der Waals surface area (Å²) in [6.45, 7) is 12.9. The zero-order valence-corrected chi connectivity index (χ0v) is 19.7. The van der Waals surface area contributed by atoms with Crippen LogP contribution >= 0.6 is 24.0 Å². The van der Waals surface area contributed by atoms with Crippen molar-refractivity contribution in [2.24, 2.45) is 10.4 Å². The molecule has 1 aliphatic rings. The average Bonchev–Trinajstić information content (AvgIpc) is 2.64. The van der Waals surface area contributed by atoms with Crippen molar-refractivity contribution in [2.75, 3.05) is 50.7 Å². The van der Waals surface area contributed by atoms with Crippen LogP contribution in [0.2, 0.25) is 0 Å². The molecule has 28 heavy (non-hydrogen) atoms. The zero-order chi connectivity index (χ0) is 19.9. The Morgan fingerprint density at radius 1 is 1.14 bits per heavy atom. The van der Waals surface area contributed by atoms with Crippen LogP contribution in [0, 0.1) is 5.41 Å². The fraction of sp³-hybridized carbons (Fsp3) is 0.600. The van der Waals surface area contributed by atoms with E-state index in [1.165, 1.54) is 0 Å². The number of nitrogens with zero attached hydrogens (tertiary/aromatic N) is 3. The van der Waals surface area contributed by atoms with Crippen LogP contribution in [-0.4, -0.2) is 67.7 Å². The molecule has 1 saturated heterocycles. The molecule has 1 aliphatic heterocycles. The van der Waals surface area contributed by atoms with Crippen LogP contribution in [0.5, 0.6) is 5.75 Å². The summed E-state index contributed by atoms with van der Waals surface area (Å²) in [7, 11) is 0. The van der Waals surface area contributed by atoms with Crippen LogP contribution in [0.4, 0.5) is 5.69 Å². The first-order valence-electron chi connectivity index (χ1n) is 9.67. The van der Waals surface area contributed by atoms with E-state index in [9.17, 15) is 9.90 Å². The third kappa shape index (κ3) is 7.03. The van der Waals surface area contributed by atoms with E-state index in [0.29, 0.717) is 18.8 Å². The number of aliphatic imine (C=N–C) groups is 1. The molecule has 8 heteroatoms. The lowest BCUT2D eigenvalue weighted by Crippen LogP contribution is -2.52. The van der Waals surface area contributed by atoms with E-state index >= 15 is 0 Å². The van der Waals surface area contributed by atoms with Crippen LogP contribution in [0.3, 0.4) is 0 Å². The highest BCUT2D eigenvalue weighted by Gasteiger charge is 2.22. The van der Waals surface area contributed by atoms with E-state index in [1.54, 1.807) is 6.07 Å². The van der Waals surface area contributed by atoms with Gasteiger partial charge in [0.25, 0.3) is 0 Å². The Hall–Kier alpha value is -1.71. The number of piperazine rings is 1. The number of hydrogen-bond donors (Lipinski definition) is 3. The molecule has 0 radical (unpaired) electrons. The first-order valence-corrected chi connectivity index (χ1v) is 9.67. The van der Waals surface area contributed by atoms with Crippen molar-refractivity contribution in [3.63, 3.8) is 0 Å². The molecule has 0 saturated carbocycles. The summed E-state index contributed by atoms with van der Waals surface area (Å²) < 4.78 is 0. The number of para-hydroxylation sites is 2. The van der Waals surface area contributed by atoms with Gasteiger partial charge in [0.05, 0.1) is 12.2 Å². The molecule has 1 amide bonds. The number of carbonyl (C=O) groups excluding carboxylic acids is 1. The minimum Gasteiger partial charge on any atom is -0.506 e. The number of rotatable bonds is 5. The highest BCUT2D eigenvalue weighted by molar-refractivity contribution is 14.0. The molecule has 0 aromatic heterocycles. The Morgan fingerprint density at radius 2 is 1.79 bits per heavy atom. The Balaban J connectivity index is 0.00000392. The molecular formula is C20H34IN5O2. The summed E-state index contributed by atoms with van der Waals surface area (Å²) in [5.74, 6) is 1.24. The molecule has 158 valence electrons. The molecule has 0 aliphatic carbocycles. The summed E-state index contributed by atoms with van der Waals surface area (Å²) in [6, 6.07) is 7.45. The van der Waals surface area contributed by atoms with Gasteiger partial charge in [-0.1, -0.05) is 32.9 Å². The molecule has 1 heterocycles. The third-order valence-corrected chi connectivity index (χ3v) is 4.48. The van der Waals surface area contributed by atoms with Gasteiger partial charge in [-0.3, -0.25) is 9.79 Å². The van der Waals surface area contributed by atoms with Crippen molar-refractivity contribution < 1.29 is 9.90 Å². The number of phenolic OH excluding ortho intramolecular Hbond substituents is 1. The lowest BCUT2D eigenvalue weighted by molar-refractivity contribution is -0.128. The van der Waals surface area contributed by atoms with E-state index in [0.717, 1.165) is 44.4 Å². The molecule has 2 rings (SSSR count). The predicted octanol–water partition coefficient (Wildman–Crippen LogP) is 2.26. The minimum atomic E-state index is -0.381. The van der Waals surface area contributed by atoms with E-state index < -0.39 is 0 Å². The summed E-state index contributed by atoms with van der Waals surface area (Å²) in [5, 5.41) is 16.3. The number of hydrogen-bond acceptors (Lipinski definition) is 4. The minimum absolute atomic E-state index is 0. The molecule has 0 unspecified atom stereocenters. The lowest BCUT2D eigenvalue weighted by Gasteiger charge is -2.37. The van der Waals surface area contributed by atoms with Gasteiger partial charge in [-0.05, 0) is 19.1 Å². The standard InChI is InChI=1S/C20H33N5O2.HI/c1-5-21-19(23-11-10-22-18(27)20(2,3)4)25-14-12-24(13-15-25)16-8-6-7-9-17(16)26;/h6-9,26H,5,10-15H2,1-4H3,(H,21,23)(H,22,27);1H. The van der Waals surface area contributed by atoms with Gasteiger partial charge in [0.15, 0.2) is 5.96 Å². The number of aromatic hydroxyl groups is 1. The fourth-order valence-electron chi connectivity index (χ4n) is 2.91. The second kappa shape index (κ2) is 11.3. The number of nitrogens with one attached hydrogen (secondary N) is 2. The van der Waals surface area contributed by atoms with E-state index in [1.807, 2.05) is 39.0 Å². The van der Waals surface area contributed by atoms with Gasteiger partial charge in [0, 0.05) is 44.7 Å². The van der Waals surface area contributed by atoms with Crippen molar-refractivity contribution in [3.05, 3.63) is 24.3 Å². The van der Waals surface area contributed by atoms with Crippen LogP contribution in [-0.2, 0) is 4.79 Å². The van der Waals surface area contributed by atoms with E-state index in [-0.39, 0.29) is 35.3 Å². The van der Waals surface area contributed by atoms with Crippen molar-refractivity contribution in [1.82, 2.24) is 15.5 Å². The monoisotopic (exact) mass is 503 g/mol. The van der Waals surface area contributed by atoms with Crippen molar-refractivity contribution in [1.29, 1.82) is 0 Å². The van der Waals surface area contributed by atoms with Gasteiger partial charge in [-0.25, -0.2) is 0 Å². The molecule has 0 bridgehead atoms. The molecule has 1 fully saturated rings. The number of amides is 1. The maximum atomic E-state index is 11.9. The van der Waals surface area contributed by atoms with Crippen LogP contribution in [0.1, 0.15) is 27.7 Å². The van der Waals surface area contributed by atoms with Gasteiger partial charge < -0.3 is 25.5 Å². The Labute approximate surface area is 185 Å². The second-order valence-corrected chi connectivity index (χ2v) is 7.70. The Kier molecular flexibility index (Phi) is 9.84. The Bertz CT molecular complexity index is 652. The number of phenols is 1. The maximum Gasteiger partial charge on any atom is 0.225 e. The van der Waals surface area contributed by atoms with Crippen molar-refractivity contribution in [3.8, 4) is 5.75 Å². The molecule has 1 aromatic rings. The highest BCUT2D eigenvalue weighted by Crippen LogP contribution is 2.27. The molecular weight excluding hydrogens is 469 g/mol. The second-order valence-electron chi connectivity index (χ2n) is 7.70. The van der Waals surface area contributed by atoms with Gasteiger partial charge in [-0.15, -0.1) is 24.0 Å². The predicted molar refractivity (Wildman–Crippen MR) is 126 cm³/mol. The van der Waals surface area contributed by atoms with Gasteiger partial charge in [-0.2, -0.15) is 0 Å². The lowest BCUT2D eigenvalue weighted by atomic mass is 9.96. The summed E-state index contributed by atoms with van der Waals surface area (Å²) in [6.07, 6.45) is 0. The topological polar surface area (TPSA) is 80.2 Å². The molecule has 0 atom stereocenters. The third-order valence-electron chi connectivity index (χ3n) is 4.48. The SMILES string of the molecule is CCNC(=NCCNC(=O)C(C)(C)C)N1CCN(c2ccccc2O)CC1.I. The number of benzene rings is 1.